The van der Waals surface area contributed by atoms with Crippen molar-refractivity contribution in [1.29, 1.82) is 0 Å². The van der Waals surface area contributed by atoms with Crippen LogP contribution in [0.4, 0.5) is 21.8 Å². The van der Waals surface area contributed by atoms with Gasteiger partial charge in [0, 0.05) is 11.6 Å². The molecule has 0 aliphatic rings. The van der Waals surface area contributed by atoms with E-state index in [-0.39, 0.29) is 23.6 Å². The lowest BCUT2D eigenvalue weighted by molar-refractivity contribution is 0.248. The molecular weight excluding hydrogens is 379 g/mol. The number of benzene rings is 2. The van der Waals surface area contributed by atoms with Gasteiger partial charge >= 0.3 is 0 Å². The van der Waals surface area contributed by atoms with Crippen LogP contribution in [-0.4, -0.2) is 27.7 Å². The Kier molecular flexibility index (Phi) is 6.44. The maximum absolute atomic E-state index is 13.3. The van der Waals surface area contributed by atoms with Gasteiger partial charge in [-0.2, -0.15) is 4.98 Å². The van der Waals surface area contributed by atoms with Gasteiger partial charge in [0.25, 0.3) is 0 Å². The van der Waals surface area contributed by atoms with Gasteiger partial charge in [0.15, 0.2) is 0 Å². The topological polar surface area (TPSA) is 70.1 Å². The van der Waals surface area contributed by atoms with Gasteiger partial charge in [0.05, 0.1) is 29.1 Å². The Morgan fingerprint density at radius 2 is 1.82 bits per heavy atom. The third-order valence-electron chi connectivity index (χ3n) is 4.31. The Morgan fingerprint density at radius 1 is 1.07 bits per heavy atom. The molecule has 7 heteroatoms. The van der Waals surface area contributed by atoms with Gasteiger partial charge in [0.1, 0.15) is 11.6 Å². The summed E-state index contributed by atoms with van der Waals surface area (Å²) in [7, 11) is 0. The summed E-state index contributed by atoms with van der Waals surface area (Å²) >= 11 is 6.13. The molecule has 3 rings (SSSR count). The molecule has 0 unspecified atom stereocenters. The molecule has 0 spiro atoms. The minimum atomic E-state index is -0.409. The molecule has 1 aromatic heterocycles. The highest BCUT2D eigenvalue weighted by atomic mass is 35.5. The van der Waals surface area contributed by atoms with Crippen LogP contribution in [0.1, 0.15) is 13.8 Å². The van der Waals surface area contributed by atoms with Crippen molar-refractivity contribution < 1.29 is 9.50 Å². The first kappa shape index (κ1) is 20.0. The molecular formula is C21H22ClFN4O. The van der Waals surface area contributed by atoms with Crippen LogP contribution < -0.4 is 10.6 Å². The normalized spacial score (nSPS) is 12.1. The molecule has 0 saturated carbocycles. The maximum atomic E-state index is 13.3. The van der Waals surface area contributed by atoms with Gasteiger partial charge in [-0.05, 0) is 24.1 Å². The summed E-state index contributed by atoms with van der Waals surface area (Å²) in [5, 5.41) is 16.2. The predicted molar refractivity (Wildman–Crippen MR) is 111 cm³/mol. The van der Waals surface area contributed by atoms with Gasteiger partial charge in [-0.15, -0.1) is 0 Å². The third kappa shape index (κ3) is 4.97. The lowest BCUT2D eigenvalue weighted by Crippen LogP contribution is -2.30. The Hall–Kier alpha value is -2.70. The molecule has 0 radical (unpaired) electrons. The fraction of sp³-hybridized carbons (Fsp3) is 0.238. The van der Waals surface area contributed by atoms with Crippen molar-refractivity contribution in [3.05, 3.63) is 65.4 Å². The molecule has 1 atom stereocenters. The molecule has 28 heavy (non-hydrogen) atoms. The molecule has 3 aromatic rings. The third-order valence-corrected chi connectivity index (χ3v) is 4.62. The molecule has 1 heterocycles. The van der Waals surface area contributed by atoms with Crippen molar-refractivity contribution in [1.82, 2.24) is 9.97 Å². The number of nitrogens with one attached hydrogen (secondary N) is 2. The number of nitrogens with zero attached hydrogens (tertiary/aromatic N) is 2. The van der Waals surface area contributed by atoms with E-state index < -0.39 is 5.82 Å². The minimum Gasteiger partial charge on any atom is -0.394 e. The smallest absolute Gasteiger partial charge is 0.225 e. The number of aliphatic hydroxyl groups excluding tert-OH is 1. The first-order valence-electron chi connectivity index (χ1n) is 9.00. The van der Waals surface area contributed by atoms with E-state index in [1.165, 1.54) is 12.1 Å². The predicted octanol–water partition coefficient (Wildman–Crippen LogP) is 5.11. The van der Waals surface area contributed by atoms with Crippen molar-refractivity contribution in [2.45, 2.75) is 19.9 Å². The second kappa shape index (κ2) is 8.99. The summed E-state index contributed by atoms with van der Waals surface area (Å²) in [4.78, 5) is 9.08. The number of halogens is 2. The molecule has 146 valence electrons. The van der Waals surface area contributed by atoms with E-state index in [0.29, 0.717) is 23.1 Å². The van der Waals surface area contributed by atoms with Gasteiger partial charge in [0.2, 0.25) is 5.95 Å². The second-order valence-corrected chi connectivity index (χ2v) is 7.16. The van der Waals surface area contributed by atoms with Crippen LogP contribution in [0.3, 0.4) is 0 Å². The van der Waals surface area contributed by atoms with Gasteiger partial charge < -0.3 is 15.7 Å². The Balaban J connectivity index is 1.99. The highest BCUT2D eigenvalue weighted by Crippen LogP contribution is 2.28. The summed E-state index contributed by atoms with van der Waals surface area (Å²) < 4.78 is 13.3. The summed E-state index contributed by atoms with van der Waals surface area (Å²) in [5.74, 6) is 0.672. The number of anilines is 3. The summed E-state index contributed by atoms with van der Waals surface area (Å²) in [5.41, 5.74) is 2.17. The quantitative estimate of drug-likeness (QED) is 0.514. The van der Waals surface area contributed by atoms with Crippen LogP contribution in [0, 0.1) is 11.7 Å². The molecule has 0 fully saturated rings. The first-order valence-corrected chi connectivity index (χ1v) is 9.38. The average molecular weight is 401 g/mol. The highest BCUT2D eigenvalue weighted by molar-refractivity contribution is 6.33. The van der Waals surface area contributed by atoms with Crippen LogP contribution in [0.15, 0.2) is 54.6 Å². The van der Waals surface area contributed by atoms with E-state index in [1.54, 1.807) is 12.1 Å². The molecule has 0 saturated heterocycles. The van der Waals surface area contributed by atoms with E-state index >= 15 is 0 Å². The van der Waals surface area contributed by atoms with Crippen LogP contribution >= 0.6 is 11.6 Å². The van der Waals surface area contributed by atoms with Gasteiger partial charge in [-0.3, -0.25) is 0 Å². The zero-order chi connectivity index (χ0) is 20.1. The molecule has 0 aliphatic carbocycles. The Morgan fingerprint density at radius 3 is 2.46 bits per heavy atom. The van der Waals surface area contributed by atoms with E-state index in [9.17, 15) is 9.50 Å². The second-order valence-electron chi connectivity index (χ2n) is 6.75. The maximum Gasteiger partial charge on any atom is 0.225 e. The van der Waals surface area contributed by atoms with Crippen molar-refractivity contribution in [2.75, 3.05) is 17.2 Å². The van der Waals surface area contributed by atoms with Crippen molar-refractivity contribution in [2.24, 2.45) is 5.92 Å². The van der Waals surface area contributed by atoms with Crippen LogP contribution in [0.2, 0.25) is 5.02 Å². The number of aliphatic hydroxyl groups is 1. The number of hydrogen-bond donors (Lipinski definition) is 3. The zero-order valence-electron chi connectivity index (χ0n) is 15.7. The molecule has 0 bridgehead atoms. The summed E-state index contributed by atoms with van der Waals surface area (Å²) in [6.45, 7) is 3.97. The van der Waals surface area contributed by atoms with E-state index in [0.717, 1.165) is 5.56 Å². The SMILES string of the molecule is CC(C)[C@@H](CO)Nc1nc(Nc2ccc(F)cc2Cl)cc(-c2ccccc2)n1. The van der Waals surface area contributed by atoms with Crippen molar-refractivity contribution >= 4 is 29.1 Å². The van der Waals surface area contributed by atoms with E-state index in [4.69, 9.17) is 11.6 Å². The lowest BCUT2D eigenvalue weighted by Gasteiger charge is -2.21. The Bertz CT molecular complexity index is 937. The fourth-order valence-electron chi connectivity index (χ4n) is 2.65. The molecule has 2 aromatic carbocycles. The minimum absolute atomic E-state index is 0.0385. The average Bonchev–Trinajstić information content (AvgIpc) is 2.68. The number of hydrogen-bond acceptors (Lipinski definition) is 5. The molecule has 0 aliphatic heterocycles. The summed E-state index contributed by atoms with van der Waals surface area (Å²) in [6.07, 6.45) is 0. The molecule has 0 amide bonds. The fourth-order valence-corrected chi connectivity index (χ4v) is 2.86. The Labute approximate surface area is 168 Å². The van der Waals surface area contributed by atoms with Gasteiger partial charge in [-0.25, -0.2) is 9.37 Å². The highest BCUT2D eigenvalue weighted by Gasteiger charge is 2.15. The van der Waals surface area contributed by atoms with E-state index in [1.807, 2.05) is 44.2 Å². The van der Waals surface area contributed by atoms with Crippen molar-refractivity contribution in [3.8, 4) is 11.3 Å². The van der Waals surface area contributed by atoms with Crippen LogP contribution in [-0.2, 0) is 0 Å². The molecule has 3 N–H and O–H groups in total. The largest absolute Gasteiger partial charge is 0.394 e. The lowest BCUT2D eigenvalue weighted by atomic mass is 10.1. The van der Waals surface area contributed by atoms with Gasteiger partial charge in [-0.1, -0.05) is 55.8 Å². The van der Waals surface area contributed by atoms with Crippen LogP contribution in [0.5, 0.6) is 0 Å². The summed E-state index contributed by atoms with van der Waals surface area (Å²) in [6, 6.07) is 15.4. The number of aromatic nitrogens is 2. The molecule has 5 nitrogen and oxygen atoms in total. The van der Waals surface area contributed by atoms with Crippen LogP contribution in [0.25, 0.3) is 11.3 Å². The number of rotatable bonds is 7. The van der Waals surface area contributed by atoms with Crippen molar-refractivity contribution in [3.63, 3.8) is 0 Å². The first-order chi connectivity index (χ1) is 13.5. The zero-order valence-corrected chi connectivity index (χ0v) is 16.4. The van der Waals surface area contributed by atoms with E-state index in [2.05, 4.69) is 20.6 Å². The monoisotopic (exact) mass is 400 g/mol. The standard InChI is InChI=1S/C21H22ClFN4O/c1-13(2)19(12-28)26-21-25-18(14-6-4-3-5-7-14)11-20(27-21)24-17-9-8-15(23)10-16(17)22/h3-11,13,19,28H,12H2,1-2H3,(H2,24,25,26,27)/t19-/m1/s1.